The number of Topliss-reactive ketones (excluding diaryl/α,β-unsaturated/α-hetero) is 1. The lowest BCUT2D eigenvalue weighted by Gasteiger charge is -2.55. The molecule has 0 radical (unpaired) electrons. The number of carbonyl (C=O) groups is 7. The Bertz CT molecular complexity index is 3000. The van der Waals surface area contributed by atoms with Gasteiger partial charge < -0.3 is 42.6 Å². The fourth-order valence-corrected chi connectivity index (χ4v) is 27.0. The van der Waals surface area contributed by atoms with E-state index < -0.39 is 16.2 Å². The first-order valence-corrected chi connectivity index (χ1v) is 41.4. The normalized spacial score (nSPS) is 43.7. The maximum atomic E-state index is 13.2. The molecule has 0 saturated heterocycles. The van der Waals surface area contributed by atoms with Crippen molar-refractivity contribution in [3.8, 4) is 0 Å². The molecule has 18 saturated carbocycles. The highest BCUT2D eigenvalue weighted by molar-refractivity contribution is 5.89. The van der Waals surface area contributed by atoms with Gasteiger partial charge in [0.2, 0.25) is 0 Å². The number of esters is 6. The molecule has 0 amide bonds. The van der Waals surface area contributed by atoms with Gasteiger partial charge in [-0.15, -0.1) is 0 Å². The second-order valence-electron chi connectivity index (χ2n) is 38.8. The van der Waals surface area contributed by atoms with Crippen LogP contribution in [0.1, 0.15) is 255 Å². The van der Waals surface area contributed by atoms with Crippen molar-refractivity contribution in [3.05, 3.63) is 0 Å². The van der Waals surface area contributed by atoms with Crippen molar-refractivity contribution < 1.29 is 76.2 Å². The van der Waals surface area contributed by atoms with Crippen LogP contribution in [0.3, 0.4) is 0 Å². The summed E-state index contributed by atoms with van der Waals surface area (Å²) in [6, 6.07) is 0. The summed E-state index contributed by atoms with van der Waals surface area (Å²) in [6.45, 7) is 19.3. The Labute approximate surface area is 597 Å². The molecular formula is C84H126O16. The standard InChI is InChI=1S/C31H44O6.C27H42O5.C26H40O5/c1-4-30(2,3)29(34)37-24-11-19-10-23(24)26-21-8-18(25(19)26)9-22(21)28(33)36-15-35-14-31-12-16-5-17(13-31)7-20(6-16)27(31)32;1-4-27(2,3)26(29)32-22-13-18-12-21(22)24-19-10-17(23(18)24)11-20(19)25(28)31-15-30-14-16-8-6-5-7-9-16;1-4-26(2,3)25(28)31-21-13-16-12-20(21)23-18-10-15(22(16)23)11-19(18)24(27)30-14-29-17-8-6-5-7-9-17/h16-26H,4-15H2,1-3H3;16-24H,4-15H2,1-3H3;15-23H,4-14H2,1-3H3. The number of rotatable bonds is 23. The largest absolute Gasteiger partial charge is 0.462 e. The summed E-state index contributed by atoms with van der Waals surface area (Å²) in [5.41, 5.74) is -1.59. The topological polar surface area (TPSA) is 203 Å². The third kappa shape index (κ3) is 13.3. The third-order valence-corrected chi connectivity index (χ3v) is 32.5. The molecule has 16 heteroatoms. The van der Waals surface area contributed by atoms with E-state index in [1.54, 1.807) is 0 Å². The number of carbonyl (C=O) groups excluding carboxylic acids is 7. The third-order valence-electron chi connectivity index (χ3n) is 32.5. The highest BCUT2D eigenvalue weighted by Gasteiger charge is 2.70. The van der Waals surface area contributed by atoms with Gasteiger partial charge >= 0.3 is 35.8 Å². The van der Waals surface area contributed by atoms with E-state index in [0.717, 1.165) is 140 Å². The Balaban J connectivity index is 0.000000122. The van der Waals surface area contributed by atoms with Gasteiger partial charge in [0.1, 0.15) is 24.1 Å². The van der Waals surface area contributed by atoms with Gasteiger partial charge in [0.25, 0.3) is 0 Å². The zero-order valence-electron chi connectivity index (χ0n) is 62.5. The van der Waals surface area contributed by atoms with Crippen LogP contribution in [0.5, 0.6) is 0 Å². The molecule has 0 aliphatic heterocycles. The van der Waals surface area contributed by atoms with Crippen molar-refractivity contribution in [1.82, 2.24) is 0 Å². The van der Waals surface area contributed by atoms with Crippen molar-refractivity contribution in [2.24, 2.45) is 170 Å². The Morgan fingerprint density at radius 3 is 1.16 bits per heavy atom. The summed E-state index contributed by atoms with van der Waals surface area (Å²) < 4.78 is 52.6. The minimum Gasteiger partial charge on any atom is -0.462 e. The van der Waals surface area contributed by atoms with Crippen molar-refractivity contribution in [1.29, 1.82) is 0 Å². The molecule has 26 atom stereocenters. The molecule has 100 heavy (non-hydrogen) atoms. The van der Waals surface area contributed by atoms with E-state index in [1.165, 1.54) is 70.6 Å². The van der Waals surface area contributed by atoms with Crippen molar-refractivity contribution >= 4 is 41.6 Å². The Kier molecular flexibility index (Phi) is 20.6. The smallest absolute Gasteiger partial charge is 0.311 e. The highest BCUT2D eigenvalue weighted by Crippen LogP contribution is 2.72. The number of hydrogen-bond acceptors (Lipinski definition) is 16. The van der Waals surface area contributed by atoms with Crippen molar-refractivity contribution in [3.63, 3.8) is 0 Å². The van der Waals surface area contributed by atoms with Crippen molar-refractivity contribution in [2.45, 2.75) is 279 Å². The highest BCUT2D eigenvalue weighted by atomic mass is 16.7. The molecule has 26 unspecified atom stereocenters. The summed E-state index contributed by atoms with van der Waals surface area (Å²) in [7, 11) is 0. The van der Waals surface area contributed by atoms with Crippen LogP contribution in [-0.2, 0) is 76.2 Å². The molecule has 0 aromatic rings. The summed E-state index contributed by atoms with van der Waals surface area (Å²) in [5.74, 6) is 12.4. The van der Waals surface area contributed by atoms with Crippen LogP contribution in [0.4, 0.5) is 0 Å². The number of ketones is 1. The van der Waals surface area contributed by atoms with Crippen LogP contribution in [0.15, 0.2) is 0 Å². The number of hydrogen-bond donors (Lipinski definition) is 0. The Morgan fingerprint density at radius 2 is 0.760 bits per heavy atom. The lowest BCUT2D eigenvalue weighted by Crippen LogP contribution is -2.55. The molecule has 16 bridgehead atoms. The predicted molar refractivity (Wildman–Crippen MR) is 371 cm³/mol. The fourth-order valence-electron chi connectivity index (χ4n) is 27.0. The van der Waals surface area contributed by atoms with Gasteiger partial charge in [0.05, 0.1) is 58.7 Å². The maximum Gasteiger partial charge on any atom is 0.311 e. The molecule has 0 heterocycles. The molecule has 0 N–H and O–H groups in total. The Morgan fingerprint density at radius 1 is 0.400 bits per heavy atom. The molecule has 18 rings (SSSR count). The average molecular weight is 1390 g/mol. The van der Waals surface area contributed by atoms with Crippen LogP contribution in [0, 0.1) is 170 Å². The summed E-state index contributed by atoms with van der Waals surface area (Å²) in [6.07, 6.45) is 33.4. The Hall–Kier alpha value is -3.63. The van der Waals surface area contributed by atoms with E-state index >= 15 is 0 Å². The molecule has 18 fully saturated rings. The molecule has 18 aliphatic rings. The average Bonchev–Trinajstić information content (AvgIpc) is 1.52. The first-order chi connectivity index (χ1) is 48.0. The lowest BCUT2D eigenvalue weighted by molar-refractivity contribution is -0.178. The van der Waals surface area contributed by atoms with Gasteiger partial charge in [-0.1, -0.05) is 59.3 Å². The van der Waals surface area contributed by atoms with Crippen LogP contribution in [-0.4, -0.2) is 99.6 Å². The molecule has 0 spiro atoms. The zero-order chi connectivity index (χ0) is 69.9. The number of fused-ring (bicyclic) bond motifs is 27. The molecule has 0 aromatic heterocycles. The van der Waals surface area contributed by atoms with Crippen LogP contribution < -0.4 is 0 Å². The van der Waals surface area contributed by atoms with Crippen LogP contribution in [0.25, 0.3) is 0 Å². The van der Waals surface area contributed by atoms with Gasteiger partial charge in [-0.2, -0.15) is 0 Å². The first kappa shape index (κ1) is 72.0. The lowest BCUT2D eigenvalue weighted by atomic mass is 9.49. The predicted octanol–water partition coefficient (Wildman–Crippen LogP) is 15.6. The van der Waals surface area contributed by atoms with Crippen molar-refractivity contribution in [2.75, 3.05) is 33.6 Å². The van der Waals surface area contributed by atoms with Gasteiger partial charge in [-0.3, -0.25) is 33.6 Å². The fraction of sp³-hybridized carbons (Fsp3) is 0.917. The zero-order valence-corrected chi connectivity index (χ0v) is 62.5. The molecule has 16 nitrogen and oxygen atoms in total. The second-order valence-corrected chi connectivity index (χ2v) is 38.8. The van der Waals surface area contributed by atoms with Gasteiger partial charge in [-0.25, -0.2) is 0 Å². The van der Waals surface area contributed by atoms with Gasteiger partial charge in [-0.05, 0) is 320 Å². The molecular weight excluding hydrogens is 1260 g/mol. The van der Waals surface area contributed by atoms with Gasteiger partial charge in [0.15, 0.2) is 20.4 Å². The van der Waals surface area contributed by atoms with E-state index in [9.17, 15) is 33.6 Å². The molecule has 18 aliphatic carbocycles. The quantitative estimate of drug-likeness (QED) is 0.0307. The SMILES string of the molecule is CCC(C)(C)C(=O)OC1CC2CC1C1C3CC(CC3C(=O)OCOC3CCCCC3)C21.CCC(C)(C)C(=O)OC1CC2CC1C1C3CC(CC3C(=O)OCOCC34CC5CC(CC(C5)C3=O)C4)C21.CCC(C)(C)C(=O)OC1CC2CC1C1C3CC(CC3C(=O)OCOCC3CCCCC3)C21. The van der Waals surface area contributed by atoms with E-state index in [-0.39, 0.29) is 110 Å². The van der Waals surface area contributed by atoms with E-state index in [1.807, 2.05) is 62.3 Å². The van der Waals surface area contributed by atoms with E-state index in [2.05, 4.69) is 0 Å². The summed E-state index contributed by atoms with van der Waals surface area (Å²) in [4.78, 5) is 90.2. The summed E-state index contributed by atoms with van der Waals surface area (Å²) in [5, 5.41) is 0. The minimum absolute atomic E-state index is 0.0155. The number of ether oxygens (including phenoxy) is 9. The monoisotopic (exact) mass is 1390 g/mol. The van der Waals surface area contributed by atoms with Crippen LogP contribution >= 0.6 is 0 Å². The van der Waals surface area contributed by atoms with E-state index in [4.69, 9.17) is 42.6 Å². The van der Waals surface area contributed by atoms with Gasteiger partial charge in [0, 0.05) is 5.92 Å². The summed E-state index contributed by atoms with van der Waals surface area (Å²) >= 11 is 0. The minimum atomic E-state index is -0.441. The van der Waals surface area contributed by atoms with E-state index in [0.29, 0.717) is 125 Å². The van der Waals surface area contributed by atoms with Crippen LogP contribution in [0.2, 0.25) is 0 Å². The molecule has 558 valence electrons. The first-order valence-electron chi connectivity index (χ1n) is 41.4. The molecule has 0 aromatic carbocycles. The second kappa shape index (κ2) is 28.6. The maximum absolute atomic E-state index is 13.2.